The van der Waals surface area contributed by atoms with Gasteiger partial charge < -0.3 is 10.4 Å². The molecule has 2 N–H and O–H groups in total. The van der Waals surface area contributed by atoms with Crippen LogP contribution in [-0.4, -0.2) is 23.2 Å². The number of rotatable bonds is 1. The molecule has 1 aliphatic heterocycles. The molecule has 2 rings (SSSR count). The van der Waals surface area contributed by atoms with Crippen molar-refractivity contribution in [2.75, 3.05) is 13.1 Å². The summed E-state index contributed by atoms with van der Waals surface area (Å²) < 4.78 is 0. The van der Waals surface area contributed by atoms with Crippen molar-refractivity contribution in [1.82, 2.24) is 10.3 Å². The van der Waals surface area contributed by atoms with Crippen molar-refractivity contribution in [1.29, 1.82) is 0 Å². The lowest BCUT2D eigenvalue weighted by atomic mass is 9.94. The van der Waals surface area contributed by atoms with Crippen molar-refractivity contribution in [3.63, 3.8) is 0 Å². The van der Waals surface area contributed by atoms with E-state index in [9.17, 15) is 5.11 Å². The number of nitrogens with zero attached hydrogens (tertiary/aromatic N) is 1. The van der Waals surface area contributed by atoms with Crippen LogP contribution in [0.25, 0.3) is 0 Å². The number of hydrogen-bond acceptors (Lipinski definition) is 3. The van der Waals surface area contributed by atoms with Gasteiger partial charge in [0.25, 0.3) is 0 Å². The summed E-state index contributed by atoms with van der Waals surface area (Å²) in [5.74, 6) is 0. The highest BCUT2D eigenvalue weighted by atomic mass is 35.5. The highest BCUT2D eigenvalue weighted by molar-refractivity contribution is 6.31. The third-order valence-electron chi connectivity index (χ3n) is 2.62. The lowest BCUT2D eigenvalue weighted by molar-refractivity contribution is 0.0585. The maximum atomic E-state index is 10.2. The summed E-state index contributed by atoms with van der Waals surface area (Å²) in [6.07, 6.45) is 2.36. The maximum absolute atomic E-state index is 10.2. The van der Waals surface area contributed by atoms with E-state index in [1.54, 1.807) is 12.3 Å². The molecule has 0 aliphatic carbocycles. The van der Waals surface area contributed by atoms with Crippen LogP contribution in [0.3, 0.4) is 0 Å². The number of aryl methyl sites for hydroxylation is 1. The number of pyridine rings is 1. The van der Waals surface area contributed by atoms with Gasteiger partial charge in [-0.25, -0.2) is 0 Å². The van der Waals surface area contributed by atoms with Crippen molar-refractivity contribution in [2.24, 2.45) is 0 Å². The largest absolute Gasteiger partial charge is 0.384 e. The molecule has 1 unspecified atom stereocenters. The first-order chi connectivity index (χ1) is 6.62. The SMILES string of the molecule is Cc1cc(Cl)c(C2(O)CCNC2)cn1. The van der Waals surface area contributed by atoms with Gasteiger partial charge in [-0.15, -0.1) is 0 Å². The highest BCUT2D eigenvalue weighted by Gasteiger charge is 2.34. The minimum atomic E-state index is -0.836. The summed E-state index contributed by atoms with van der Waals surface area (Å²) in [5.41, 5.74) is 0.765. The number of nitrogens with one attached hydrogen (secondary N) is 1. The van der Waals surface area contributed by atoms with Crippen molar-refractivity contribution < 1.29 is 5.11 Å². The van der Waals surface area contributed by atoms with Crippen molar-refractivity contribution in [3.8, 4) is 0 Å². The Bertz CT molecular complexity index is 348. The summed E-state index contributed by atoms with van der Waals surface area (Å²) in [6, 6.07) is 1.78. The Morgan fingerprint density at radius 2 is 2.43 bits per heavy atom. The van der Waals surface area contributed by atoms with Gasteiger partial charge in [0.15, 0.2) is 0 Å². The third kappa shape index (κ3) is 1.63. The lowest BCUT2D eigenvalue weighted by Gasteiger charge is -2.22. The van der Waals surface area contributed by atoms with Crippen LogP contribution in [-0.2, 0) is 5.60 Å². The summed E-state index contributed by atoms with van der Waals surface area (Å²) in [6.45, 7) is 3.25. The zero-order valence-electron chi connectivity index (χ0n) is 8.05. The maximum Gasteiger partial charge on any atom is 0.106 e. The Kier molecular flexibility index (Phi) is 2.47. The normalized spacial score (nSPS) is 26.8. The van der Waals surface area contributed by atoms with E-state index >= 15 is 0 Å². The van der Waals surface area contributed by atoms with Crippen molar-refractivity contribution in [2.45, 2.75) is 18.9 Å². The zero-order chi connectivity index (χ0) is 10.2. The standard InChI is InChI=1S/C10H13ClN2O/c1-7-4-9(11)8(5-13-7)10(14)2-3-12-6-10/h4-5,12,14H,2-3,6H2,1H3. The van der Waals surface area contributed by atoms with Crippen molar-refractivity contribution >= 4 is 11.6 Å². The van der Waals surface area contributed by atoms with E-state index in [4.69, 9.17) is 11.6 Å². The van der Waals surface area contributed by atoms with Crippen LogP contribution in [0.4, 0.5) is 0 Å². The Hall–Kier alpha value is -0.640. The molecule has 14 heavy (non-hydrogen) atoms. The van der Waals surface area contributed by atoms with E-state index < -0.39 is 5.60 Å². The van der Waals surface area contributed by atoms with Gasteiger partial charge in [-0.1, -0.05) is 11.6 Å². The third-order valence-corrected chi connectivity index (χ3v) is 2.94. The second-order valence-electron chi connectivity index (χ2n) is 3.76. The number of β-amino-alcohol motifs (C(OH)–C–C–N with tert-alkyl or cyclic N) is 1. The molecule has 1 fully saturated rings. The first-order valence-electron chi connectivity index (χ1n) is 4.67. The molecule has 1 aromatic rings. The molecule has 76 valence electrons. The molecule has 1 aliphatic rings. The van der Waals surface area contributed by atoms with Gasteiger partial charge >= 0.3 is 0 Å². The topological polar surface area (TPSA) is 45.1 Å². The second-order valence-corrected chi connectivity index (χ2v) is 4.17. The number of aromatic nitrogens is 1. The predicted octanol–water partition coefficient (Wildman–Crippen LogP) is 1.22. The van der Waals surface area contributed by atoms with Crippen molar-refractivity contribution in [3.05, 3.63) is 28.5 Å². The smallest absolute Gasteiger partial charge is 0.106 e. The average Bonchev–Trinajstić information content (AvgIpc) is 2.52. The van der Waals surface area contributed by atoms with E-state index in [1.807, 2.05) is 6.92 Å². The van der Waals surface area contributed by atoms with Crippen LogP contribution in [0, 0.1) is 6.92 Å². The van der Waals surface area contributed by atoms with Gasteiger partial charge in [-0.05, 0) is 26.0 Å². The minimum Gasteiger partial charge on any atom is -0.384 e. The van der Waals surface area contributed by atoms with Gasteiger partial charge in [0.05, 0.1) is 5.02 Å². The minimum absolute atomic E-state index is 0.553. The van der Waals surface area contributed by atoms with Crippen LogP contribution >= 0.6 is 11.6 Å². The summed E-state index contributed by atoms with van der Waals surface area (Å²) in [5, 5.41) is 14.0. The number of aliphatic hydroxyl groups is 1. The number of hydrogen-bond donors (Lipinski definition) is 2. The molecule has 0 radical (unpaired) electrons. The zero-order valence-corrected chi connectivity index (χ0v) is 8.80. The molecule has 3 nitrogen and oxygen atoms in total. The van der Waals surface area contributed by atoms with Crippen LogP contribution in [0.15, 0.2) is 12.3 Å². The Balaban J connectivity index is 2.40. The van der Waals surface area contributed by atoms with E-state index in [0.717, 1.165) is 17.8 Å². The van der Waals surface area contributed by atoms with Crippen LogP contribution < -0.4 is 5.32 Å². The molecular formula is C10H13ClN2O. The number of halogens is 1. The summed E-state index contributed by atoms with van der Waals surface area (Å²) >= 11 is 6.07. The fraction of sp³-hybridized carbons (Fsp3) is 0.500. The Labute approximate surface area is 88.1 Å². The van der Waals surface area contributed by atoms with Gasteiger partial charge in [0.1, 0.15) is 5.60 Å². The Morgan fingerprint density at radius 3 is 3.00 bits per heavy atom. The first kappa shape index (κ1) is 9.90. The lowest BCUT2D eigenvalue weighted by Crippen LogP contribution is -2.28. The highest BCUT2D eigenvalue weighted by Crippen LogP contribution is 2.32. The van der Waals surface area contributed by atoms with Crippen LogP contribution in [0.1, 0.15) is 17.7 Å². The molecule has 0 saturated carbocycles. The van der Waals surface area contributed by atoms with Gasteiger partial charge in [-0.2, -0.15) is 0 Å². The van der Waals surface area contributed by atoms with Gasteiger partial charge in [0, 0.05) is 24.0 Å². The Morgan fingerprint density at radius 1 is 1.64 bits per heavy atom. The van der Waals surface area contributed by atoms with E-state index in [-0.39, 0.29) is 0 Å². The fourth-order valence-electron chi connectivity index (χ4n) is 1.78. The molecule has 0 spiro atoms. The molecule has 0 aromatic carbocycles. The molecule has 2 heterocycles. The molecule has 1 saturated heterocycles. The van der Waals surface area contributed by atoms with Gasteiger partial charge in [-0.3, -0.25) is 4.98 Å². The van der Waals surface area contributed by atoms with E-state index in [0.29, 0.717) is 18.0 Å². The average molecular weight is 213 g/mol. The molecular weight excluding hydrogens is 200 g/mol. The quantitative estimate of drug-likeness (QED) is 0.736. The van der Waals surface area contributed by atoms with E-state index in [2.05, 4.69) is 10.3 Å². The molecule has 0 bridgehead atoms. The first-order valence-corrected chi connectivity index (χ1v) is 5.05. The predicted molar refractivity (Wildman–Crippen MR) is 55.4 cm³/mol. The summed E-state index contributed by atoms with van der Waals surface area (Å²) in [4.78, 5) is 4.16. The fourth-order valence-corrected chi connectivity index (χ4v) is 2.16. The second kappa shape index (κ2) is 3.50. The molecule has 1 atom stereocenters. The summed E-state index contributed by atoms with van der Waals surface area (Å²) in [7, 11) is 0. The van der Waals surface area contributed by atoms with Crippen LogP contribution in [0.2, 0.25) is 5.02 Å². The molecule has 1 aromatic heterocycles. The van der Waals surface area contributed by atoms with E-state index in [1.165, 1.54) is 0 Å². The molecule has 0 amide bonds. The molecule has 4 heteroatoms. The van der Waals surface area contributed by atoms with Crippen LogP contribution in [0.5, 0.6) is 0 Å². The monoisotopic (exact) mass is 212 g/mol. The van der Waals surface area contributed by atoms with Gasteiger partial charge in [0.2, 0.25) is 0 Å².